The molecular weight excluding hydrogens is 253 g/mol. The lowest BCUT2D eigenvalue weighted by Crippen LogP contribution is -1.86. The number of hydrogen-bond donors (Lipinski definition) is 0. The fourth-order valence-corrected chi connectivity index (χ4v) is 1.37. The first-order chi connectivity index (χ1) is 5.24. The summed E-state index contributed by atoms with van der Waals surface area (Å²) in [4.78, 5) is 7.80. The Kier molecular flexibility index (Phi) is 2.81. The average Bonchev–Trinajstić information content (AvgIpc) is 2.26. The van der Waals surface area contributed by atoms with Gasteiger partial charge in [0.25, 0.3) is 0 Å². The second-order valence-corrected chi connectivity index (χ2v) is 3.10. The van der Waals surface area contributed by atoms with Gasteiger partial charge in [-0.1, -0.05) is 0 Å². The molecule has 0 amide bonds. The van der Waals surface area contributed by atoms with Crippen LogP contribution in [0.25, 0.3) is 6.20 Å². The summed E-state index contributed by atoms with van der Waals surface area (Å²) in [7, 11) is 0. The maximum atomic E-state index is 4.20. The Morgan fingerprint density at radius 2 is 2.55 bits per heavy atom. The van der Waals surface area contributed by atoms with Crippen molar-refractivity contribution in [3.05, 3.63) is 21.9 Å². The Labute approximate surface area is 79.0 Å². The molecule has 1 aromatic heterocycles. The van der Waals surface area contributed by atoms with Crippen molar-refractivity contribution in [2.24, 2.45) is 4.99 Å². The molecule has 0 spiro atoms. The van der Waals surface area contributed by atoms with Gasteiger partial charge in [-0.25, -0.2) is 4.98 Å². The fraction of sp³-hybridized carbons (Fsp3) is 0.143. The summed E-state index contributed by atoms with van der Waals surface area (Å²) >= 11 is 2.17. The third-order valence-electron chi connectivity index (χ3n) is 1.22. The van der Waals surface area contributed by atoms with E-state index in [4.69, 9.17) is 0 Å². The summed E-state index contributed by atoms with van der Waals surface area (Å²) < 4.78 is 2.88. The molecule has 0 N–H and O–H groups in total. The zero-order chi connectivity index (χ0) is 8.27. The molecule has 0 aliphatic carbocycles. The van der Waals surface area contributed by atoms with Gasteiger partial charge in [-0.2, -0.15) is 0 Å². The van der Waals surface area contributed by atoms with E-state index in [0.717, 1.165) is 9.53 Å². The number of halogens is 1. The molecule has 1 rings (SSSR count). The van der Waals surface area contributed by atoms with Crippen molar-refractivity contribution >= 4 is 35.5 Å². The van der Waals surface area contributed by atoms with Crippen LogP contribution in [-0.2, 0) is 0 Å². The van der Waals surface area contributed by atoms with Crippen LogP contribution >= 0.6 is 22.6 Å². The predicted octanol–water partition coefficient (Wildman–Crippen LogP) is 1.92. The molecule has 58 valence electrons. The monoisotopic (exact) mass is 261 g/mol. The third kappa shape index (κ3) is 2.14. The van der Waals surface area contributed by atoms with Crippen molar-refractivity contribution in [1.29, 1.82) is 0 Å². The normalized spacial score (nSPS) is 10.7. The molecule has 0 aliphatic rings. The molecule has 1 heterocycles. The molecule has 0 atom stereocenters. The van der Waals surface area contributed by atoms with Crippen molar-refractivity contribution in [3.8, 4) is 0 Å². The number of aliphatic imine (C=N–C) groups is 1. The summed E-state index contributed by atoms with van der Waals surface area (Å²) in [5, 5.41) is 0. The van der Waals surface area contributed by atoms with Crippen LogP contribution in [0.15, 0.2) is 17.4 Å². The first-order valence-electron chi connectivity index (χ1n) is 3.07. The molecule has 0 saturated carbocycles. The van der Waals surface area contributed by atoms with Crippen LogP contribution < -0.4 is 0 Å². The second-order valence-electron chi connectivity index (χ2n) is 2.00. The molecular formula is C7H8IN3. The quantitative estimate of drug-likeness (QED) is 0.591. The zero-order valence-corrected chi connectivity index (χ0v) is 8.32. The van der Waals surface area contributed by atoms with E-state index < -0.39 is 0 Å². The molecule has 0 aromatic carbocycles. The Bertz CT molecular complexity index is 288. The first kappa shape index (κ1) is 8.45. The van der Waals surface area contributed by atoms with Crippen LogP contribution in [0.5, 0.6) is 0 Å². The van der Waals surface area contributed by atoms with Crippen molar-refractivity contribution < 1.29 is 0 Å². The highest BCUT2D eigenvalue weighted by Gasteiger charge is 1.95. The van der Waals surface area contributed by atoms with Crippen molar-refractivity contribution in [1.82, 2.24) is 9.55 Å². The van der Waals surface area contributed by atoms with Crippen molar-refractivity contribution in [2.45, 2.75) is 6.92 Å². The summed E-state index contributed by atoms with van der Waals surface area (Å²) in [6.07, 6.45) is 5.37. The standard InChI is InChI=1S/C7H8IN3/c1-6-10-7(8)5-11(6)4-3-9-2/h3-5H,2H2,1H3/b4-3-. The maximum absolute atomic E-state index is 4.20. The number of hydrogen-bond acceptors (Lipinski definition) is 2. The van der Waals surface area contributed by atoms with Crippen molar-refractivity contribution in [3.63, 3.8) is 0 Å². The molecule has 0 unspecified atom stereocenters. The van der Waals surface area contributed by atoms with E-state index in [2.05, 4.69) is 39.3 Å². The minimum absolute atomic E-state index is 0.953. The molecule has 0 saturated heterocycles. The van der Waals surface area contributed by atoms with Crippen LogP contribution in [-0.4, -0.2) is 16.3 Å². The van der Waals surface area contributed by atoms with Gasteiger partial charge in [-0.3, -0.25) is 4.99 Å². The van der Waals surface area contributed by atoms with Crippen LogP contribution in [0.1, 0.15) is 5.82 Å². The molecule has 0 aliphatic heterocycles. The molecule has 1 aromatic rings. The summed E-state index contributed by atoms with van der Waals surface area (Å²) in [6, 6.07) is 0. The highest BCUT2D eigenvalue weighted by atomic mass is 127. The summed E-state index contributed by atoms with van der Waals surface area (Å²) in [5.74, 6) is 0.953. The highest BCUT2D eigenvalue weighted by molar-refractivity contribution is 14.1. The maximum Gasteiger partial charge on any atom is 0.120 e. The number of rotatable bonds is 2. The molecule has 3 nitrogen and oxygen atoms in total. The van der Waals surface area contributed by atoms with Gasteiger partial charge in [0, 0.05) is 18.6 Å². The van der Waals surface area contributed by atoms with E-state index in [0.29, 0.717) is 0 Å². The van der Waals surface area contributed by atoms with Gasteiger partial charge in [0.15, 0.2) is 0 Å². The summed E-state index contributed by atoms with van der Waals surface area (Å²) in [5.41, 5.74) is 0. The first-order valence-corrected chi connectivity index (χ1v) is 4.15. The zero-order valence-electron chi connectivity index (χ0n) is 6.16. The predicted molar refractivity (Wildman–Crippen MR) is 54.6 cm³/mol. The lowest BCUT2D eigenvalue weighted by molar-refractivity contribution is 1.03. The summed E-state index contributed by atoms with van der Waals surface area (Å²) in [6.45, 7) is 5.28. The van der Waals surface area contributed by atoms with E-state index in [1.165, 1.54) is 0 Å². The minimum atomic E-state index is 0.953. The Morgan fingerprint density at radius 1 is 1.82 bits per heavy atom. The van der Waals surface area contributed by atoms with Crippen LogP contribution in [0.4, 0.5) is 0 Å². The topological polar surface area (TPSA) is 30.2 Å². The van der Waals surface area contributed by atoms with Gasteiger partial charge in [-0.15, -0.1) is 0 Å². The van der Waals surface area contributed by atoms with Gasteiger partial charge >= 0.3 is 0 Å². The van der Waals surface area contributed by atoms with Gasteiger partial charge in [-0.05, 0) is 36.2 Å². The van der Waals surface area contributed by atoms with Gasteiger partial charge < -0.3 is 4.57 Å². The number of aryl methyl sites for hydroxylation is 1. The van der Waals surface area contributed by atoms with Crippen LogP contribution in [0, 0.1) is 10.6 Å². The number of imidazole rings is 1. The SMILES string of the molecule is C=N/C=C\n1cc(I)nc1C. The molecule has 11 heavy (non-hydrogen) atoms. The molecule has 0 radical (unpaired) electrons. The van der Waals surface area contributed by atoms with Gasteiger partial charge in [0.2, 0.25) is 0 Å². The Hall–Kier alpha value is -0.650. The third-order valence-corrected chi connectivity index (χ3v) is 1.74. The van der Waals surface area contributed by atoms with E-state index >= 15 is 0 Å². The van der Waals surface area contributed by atoms with Crippen LogP contribution in [0.2, 0.25) is 0 Å². The van der Waals surface area contributed by atoms with E-state index in [-0.39, 0.29) is 0 Å². The van der Waals surface area contributed by atoms with E-state index in [1.54, 1.807) is 6.20 Å². The number of aromatic nitrogens is 2. The average molecular weight is 261 g/mol. The minimum Gasteiger partial charge on any atom is -0.308 e. The molecule has 4 heteroatoms. The molecule has 0 bridgehead atoms. The smallest absolute Gasteiger partial charge is 0.120 e. The van der Waals surface area contributed by atoms with Crippen molar-refractivity contribution in [2.75, 3.05) is 0 Å². The van der Waals surface area contributed by atoms with Gasteiger partial charge in [0.1, 0.15) is 9.53 Å². The molecule has 0 fully saturated rings. The van der Waals surface area contributed by atoms with Crippen LogP contribution in [0.3, 0.4) is 0 Å². The lowest BCUT2D eigenvalue weighted by Gasteiger charge is -1.91. The Morgan fingerprint density at radius 3 is 3.00 bits per heavy atom. The van der Waals surface area contributed by atoms with Gasteiger partial charge in [0.05, 0.1) is 0 Å². The number of nitrogens with zero attached hydrogens (tertiary/aromatic N) is 3. The largest absolute Gasteiger partial charge is 0.308 e. The Balaban J connectivity index is 2.93. The second kappa shape index (κ2) is 3.66. The highest BCUT2D eigenvalue weighted by Crippen LogP contribution is 2.04. The van der Waals surface area contributed by atoms with E-state index in [1.807, 2.05) is 23.9 Å². The lowest BCUT2D eigenvalue weighted by atomic mass is 10.7. The fourth-order valence-electron chi connectivity index (χ4n) is 0.719. The van der Waals surface area contributed by atoms with E-state index in [9.17, 15) is 0 Å².